The van der Waals surface area contributed by atoms with Gasteiger partial charge in [0.05, 0.1) is 7.11 Å². The van der Waals surface area contributed by atoms with Gasteiger partial charge in [-0.1, -0.05) is 12.1 Å². The fourth-order valence-corrected chi connectivity index (χ4v) is 1.59. The summed E-state index contributed by atoms with van der Waals surface area (Å²) in [6, 6.07) is 7.45. The Morgan fingerprint density at radius 2 is 2.05 bits per heavy atom. The number of benzene rings is 1. The zero-order valence-electron chi connectivity index (χ0n) is 11.7. The number of ether oxygens (including phenoxy) is 2. The molecule has 0 N–H and O–H groups in total. The van der Waals surface area contributed by atoms with Gasteiger partial charge in [0.15, 0.2) is 6.10 Å². The highest BCUT2D eigenvalue weighted by Crippen LogP contribution is 2.14. The van der Waals surface area contributed by atoms with Crippen LogP contribution in [0, 0.1) is 6.92 Å². The largest absolute Gasteiger partial charge is 0.481 e. The predicted molar refractivity (Wildman–Crippen MR) is 70.9 cm³/mol. The van der Waals surface area contributed by atoms with Gasteiger partial charge < -0.3 is 14.4 Å². The van der Waals surface area contributed by atoms with E-state index < -0.39 is 12.1 Å². The van der Waals surface area contributed by atoms with Crippen LogP contribution < -0.4 is 4.74 Å². The highest BCUT2D eigenvalue weighted by Gasteiger charge is 2.21. The lowest BCUT2D eigenvalue weighted by molar-refractivity contribution is -0.148. The van der Waals surface area contributed by atoms with Gasteiger partial charge in [-0.2, -0.15) is 0 Å². The molecule has 0 aliphatic rings. The molecule has 0 aromatic heterocycles. The first kappa shape index (κ1) is 15.0. The molecule has 0 radical (unpaired) electrons. The van der Waals surface area contributed by atoms with Crippen molar-refractivity contribution >= 4 is 11.9 Å². The lowest BCUT2D eigenvalue weighted by Crippen LogP contribution is -2.40. The van der Waals surface area contributed by atoms with Crippen molar-refractivity contribution in [1.82, 2.24) is 4.90 Å². The van der Waals surface area contributed by atoms with Crippen LogP contribution in [0.4, 0.5) is 0 Å². The van der Waals surface area contributed by atoms with Crippen LogP contribution in [0.25, 0.3) is 0 Å². The Hall–Kier alpha value is -2.04. The van der Waals surface area contributed by atoms with Gasteiger partial charge in [0.1, 0.15) is 12.3 Å². The van der Waals surface area contributed by atoms with E-state index in [-0.39, 0.29) is 12.5 Å². The van der Waals surface area contributed by atoms with Gasteiger partial charge in [0.2, 0.25) is 0 Å². The Kier molecular flexibility index (Phi) is 5.36. The Labute approximate surface area is 113 Å². The quantitative estimate of drug-likeness (QED) is 0.755. The summed E-state index contributed by atoms with van der Waals surface area (Å²) in [4.78, 5) is 24.4. The molecular formula is C14H19NO4. The summed E-state index contributed by atoms with van der Waals surface area (Å²) in [6.45, 7) is 3.51. The van der Waals surface area contributed by atoms with Crippen molar-refractivity contribution in [3.8, 4) is 5.75 Å². The third kappa shape index (κ3) is 4.62. The van der Waals surface area contributed by atoms with E-state index in [1.165, 1.54) is 19.1 Å². The molecule has 1 rings (SSSR count). The van der Waals surface area contributed by atoms with Crippen molar-refractivity contribution in [2.24, 2.45) is 0 Å². The highest BCUT2D eigenvalue weighted by atomic mass is 16.5. The number of methoxy groups -OCH3 is 1. The summed E-state index contributed by atoms with van der Waals surface area (Å²) in [5.41, 5.74) is 1.06. The second-order valence-electron chi connectivity index (χ2n) is 4.35. The minimum absolute atomic E-state index is 0.0865. The third-order valence-electron chi connectivity index (χ3n) is 2.62. The van der Waals surface area contributed by atoms with E-state index in [2.05, 4.69) is 4.74 Å². The van der Waals surface area contributed by atoms with Gasteiger partial charge in [-0.25, -0.2) is 0 Å². The maximum Gasteiger partial charge on any atom is 0.325 e. The van der Waals surface area contributed by atoms with E-state index in [1.54, 1.807) is 13.0 Å². The molecule has 0 aliphatic heterocycles. The minimum Gasteiger partial charge on any atom is -0.481 e. The van der Waals surface area contributed by atoms with E-state index in [0.29, 0.717) is 5.75 Å². The molecule has 5 nitrogen and oxygen atoms in total. The molecule has 1 aromatic carbocycles. The van der Waals surface area contributed by atoms with Crippen LogP contribution >= 0.6 is 0 Å². The zero-order valence-corrected chi connectivity index (χ0v) is 11.7. The molecule has 1 atom stereocenters. The summed E-state index contributed by atoms with van der Waals surface area (Å²) < 4.78 is 10.1. The Bertz CT molecular complexity index is 459. The van der Waals surface area contributed by atoms with Gasteiger partial charge in [-0.05, 0) is 31.5 Å². The van der Waals surface area contributed by atoms with Crippen LogP contribution in [0.3, 0.4) is 0 Å². The molecule has 0 heterocycles. The molecule has 0 saturated heterocycles. The monoisotopic (exact) mass is 265 g/mol. The van der Waals surface area contributed by atoms with Crippen LogP contribution in [-0.4, -0.2) is 43.6 Å². The van der Waals surface area contributed by atoms with Crippen LogP contribution in [0.2, 0.25) is 0 Å². The normalized spacial score (nSPS) is 11.6. The van der Waals surface area contributed by atoms with Crippen LogP contribution in [0.15, 0.2) is 24.3 Å². The fraction of sp³-hybridized carbons (Fsp3) is 0.429. The molecule has 1 aromatic rings. The van der Waals surface area contributed by atoms with Crippen molar-refractivity contribution in [2.45, 2.75) is 20.0 Å². The fourth-order valence-electron chi connectivity index (χ4n) is 1.59. The molecular weight excluding hydrogens is 246 g/mol. The number of aryl methyl sites for hydroxylation is 1. The van der Waals surface area contributed by atoms with Crippen LogP contribution in [-0.2, 0) is 14.3 Å². The molecule has 0 bridgehead atoms. The van der Waals surface area contributed by atoms with Gasteiger partial charge in [0, 0.05) is 7.05 Å². The molecule has 1 unspecified atom stereocenters. The Balaban J connectivity index is 2.59. The number of amides is 1. The Morgan fingerprint density at radius 1 is 1.37 bits per heavy atom. The van der Waals surface area contributed by atoms with E-state index in [9.17, 15) is 9.59 Å². The number of carbonyl (C=O) groups is 2. The van der Waals surface area contributed by atoms with Crippen molar-refractivity contribution in [3.05, 3.63) is 29.8 Å². The molecule has 19 heavy (non-hydrogen) atoms. The average molecular weight is 265 g/mol. The summed E-state index contributed by atoms with van der Waals surface area (Å²) in [5.74, 6) is -0.0992. The first-order chi connectivity index (χ1) is 8.93. The predicted octanol–water partition coefficient (Wildman–Crippen LogP) is 1.39. The molecule has 104 valence electrons. The smallest absolute Gasteiger partial charge is 0.325 e. The minimum atomic E-state index is -0.656. The lowest BCUT2D eigenvalue weighted by Gasteiger charge is -2.21. The zero-order chi connectivity index (χ0) is 14.4. The van der Waals surface area contributed by atoms with E-state index in [1.807, 2.05) is 25.1 Å². The number of likely N-dealkylation sites (N-methyl/N-ethyl adjacent to an activating group) is 1. The lowest BCUT2D eigenvalue weighted by atomic mass is 10.2. The molecule has 0 saturated carbocycles. The van der Waals surface area contributed by atoms with Crippen LogP contribution in [0.1, 0.15) is 12.5 Å². The van der Waals surface area contributed by atoms with Crippen molar-refractivity contribution in [1.29, 1.82) is 0 Å². The van der Waals surface area contributed by atoms with Crippen molar-refractivity contribution in [3.63, 3.8) is 0 Å². The highest BCUT2D eigenvalue weighted by molar-refractivity contribution is 5.84. The first-order valence-corrected chi connectivity index (χ1v) is 5.99. The molecule has 0 aliphatic carbocycles. The summed E-state index contributed by atoms with van der Waals surface area (Å²) >= 11 is 0. The molecule has 0 fully saturated rings. The van der Waals surface area contributed by atoms with Crippen LogP contribution in [0.5, 0.6) is 5.75 Å². The molecule has 0 spiro atoms. The van der Waals surface area contributed by atoms with Gasteiger partial charge in [-0.3, -0.25) is 9.59 Å². The molecule has 5 heteroatoms. The second-order valence-corrected chi connectivity index (χ2v) is 4.35. The first-order valence-electron chi connectivity index (χ1n) is 5.99. The van der Waals surface area contributed by atoms with Crippen molar-refractivity contribution < 1.29 is 19.1 Å². The number of rotatable bonds is 5. The summed E-state index contributed by atoms with van der Waals surface area (Å²) in [5, 5.41) is 0. The number of nitrogens with zero attached hydrogens (tertiary/aromatic N) is 1. The van der Waals surface area contributed by atoms with Gasteiger partial charge in [-0.15, -0.1) is 0 Å². The average Bonchev–Trinajstić information content (AvgIpc) is 2.37. The number of hydrogen-bond acceptors (Lipinski definition) is 4. The van der Waals surface area contributed by atoms with E-state index >= 15 is 0 Å². The maximum absolute atomic E-state index is 12.0. The summed E-state index contributed by atoms with van der Waals surface area (Å²) in [6.07, 6.45) is -0.656. The molecule has 1 amide bonds. The Morgan fingerprint density at radius 3 is 2.63 bits per heavy atom. The van der Waals surface area contributed by atoms with Crippen molar-refractivity contribution in [2.75, 3.05) is 20.7 Å². The SMILES string of the molecule is COC(=O)CN(C)C(=O)C(C)Oc1cccc(C)c1. The van der Waals surface area contributed by atoms with Gasteiger partial charge >= 0.3 is 5.97 Å². The number of esters is 1. The number of carbonyl (C=O) groups excluding carboxylic acids is 2. The topological polar surface area (TPSA) is 55.8 Å². The number of hydrogen-bond donors (Lipinski definition) is 0. The van der Waals surface area contributed by atoms with Gasteiger partial charge in [0.25, 0.3) is 5.91 Å². The second kappa shape index (κ2) is 6.78. The summed E-state index contributed by atoms with van der Waals surface area (Å²) in [7, 11) is 2.82. The third-order valence-corrected chi connectivity index (χ3v) is 2.62. The van der Waals surface area contributed by atoms with E-state index in [0.717, 1.165) is 5.56 Å². The van der Waals surface area contributed by atoms with E-state index in [4.69, 9.17) is 4.74 Å². The standard InChI is InChI=1S/C14H19NO4/c1-10-6-5-7-12(8-10)19-11(2)14(17)15(3)9-13(16)18-4/h5-8,11H,9H2,1-4H3. The maximum atomic E-state index is 12.0.